The van der Waals surface area contributed by atoms with Crippen molar-refractivity contribution in [2.24, 2.45) is 5.92 Å². The Bertz CT molecular complexity index is 648. The smallest absolute Gasteiger partial charge is 0.257 e. The molecule has 1 saturated carbocycles. The molecule has 1 aliphatic rings. The minimum Gasteiger partial charge on any atom is -0.356 e. The largest absolute Gasteiger partial charge is 0.356 e. The maximum atomic E-state index is 13.0. The molecule has 1 aromatic heterocycles. The minimum atomic E-state index is 0.0293. The van der Waals surface area contributed by atoms with Crippen LogP contribution in [0.4, 0.5) is 0 Å². The maximum absolute atomic E-state index is 13.0. The lowest BCUT2D eigenvalue weighted by Gasteiger charge is -2.30. The molecule has 0 spiro atoms. The lowest BCUT2D eigenvalue weighted by Crippen LogP contribution is -2.33. The van der Waals surface area contributed by atoms with Crippen LogP contribution in [0.25, 0.3) is 0 Å². The lowest BCUT2D eigenvalue weighted by atomic mass is 9.79. The highest BCUT2D eigenvalue weighted by Crippen LogP contribution is 2.36. The fraction of sp³-hybridized carbons (Fsp3) is 0.714. The third kappa shape index (κ3) is 5.50. The van der Waals surface area contributed by atoms with Crippen LogP contribution in [0.15, 0.2) is 6.20 Å². The molecule has 0 bridgehead atoms. The Balaban J connectivity index is 2.22. The van der Waals surface area contributed by atoms with Crippen molar-refractivity contribution < 1.29 is 9.59 Å². The summed E-state index contributed by atoms with van der Waals surface area (Å²) in [6, 6.07) is 0. The summed E-state index contributed by atoms with van der Waals surface area (Å²) in [6.45, 7) is 11.8. The number of carbonyl (C=O) groups is 2. The maximum Gasteiger partial charge on any atom is 0.257 e. The molecule has 2 rings (SSSR count). The zero-order valence-electron chi connectivity index (χ0n) is 17.4. The Kier molecular flexibility index (Phi) is 7.75. The number of carbonyl (C=O) groups excluding carboxylic acids is 2. The zero-order chi connectivity index (χ0) is 20.0. The van der Waals surface area contributed by atoms with E-state index in [1.54, 1.807) is 13.1 Å². The van der Waals surface area contributed by atoms with Gasteiger partial charge in [0, 0.05) is 44.6 Å². The normalized spacial score (nSPS) is 19.8. The van der Waals surface area contributed by atoms with Crippen LogP contribution in [-0.4, -0.2) is 46.3 Å². The van der Waals surface area contributed by atoms with E-state index >= 15 is 0 Å². The molecular formula is C21H34N4O2. The number of nitrogens with zero attached hydrogens (tertiary/aromatic N) is 3. The average molecular weight is 375 g/mol. The highest BCUT2D eigenvalue weighted by molar-refractivity contribution is 5.95. The van der Waals surface area contributed by atoms with Gasteiger partial charge in [-0.1, -0.05) is 13.8 Å². The van der Waals surface area contributed by atoms with Crippen molar-refractivity contribution in [3.8, 4) is 0 Å². The molecule has 150 valence electrons. The van der Waals surface area contributed by atoms with Gasteiger partial charge in [-0.3, -0.25) is 9.59 Å². The van der Waals surface area contributed by atoms with E-state index in [2.05, 4.69) is 24.1 Å². The van der Waals surface area contributed by atoms with Crippen LogP contribution in [0.1, 0.15) is 94.0 Å². The molecule has 0 atom stereocenters. The quantitative estimate of drug-likeness (QED) is 0.793. The van der Waals surface area contributed by atoms with Crippen LogP contribution in [0.3, 0.4) is 0 Å². The van der Waals surface area contributed by atoms with E-state index in [1.165, 1.54) is 0 Å². The van der Waals surface area contributed by atoms with Gasteiger partial charge in [0.15, 0.2) is 0 Å². The molecule has 0 unspecified atom stereocenters. The zero-order valence-corrected chi connectivity index (χ0v) is 17.4. The molecule has 0 saturated heterocycles. The van der Waals surface area contributed by atoms with Crippen molar-refractivity contribution in [3.05, 3.63) is 23.3 Å². The molecule has 2 amide bonds. The molecule has 1 aliphatic carbocycles. The number of hydrogen-bond donors (Lipinski definition) is 1. The number of rotatable bonds is 7. The third-order valence-electron chi connectivity index (χ3n) is 5.51. The summed E-state index contributed by atoms with van der Waals surface area (Å²) in [5.74, 6) is 1.90. The number of aromatic nitrogens is 2. The molecule has 6 heteroatoms. The Morgan fingerprint density at radius 2 is 1.81 bits per heavy atom. The topological polar surface area (TPSA) is 75.2 Å². The van der Waals surface area contributed by atoms with Crippen LogP contribution in [0.5, 0.6) is 0 Å². The van der Waals surface area contributed by atoms with Crippen LogP contribution >= 0.6 is 0 Å². The van der Waals surface area contributed by atoms with Gasteiger partial charge in [0.25, 0.3) is 5.91 Å². The Hall–Kier alpha value is -1.98. The van der Waals surface area contributed by atoms with Gasteiger partial charge in [0.2, 0.25) is 5.91 Å². The highest BCUT2D eigenvalue weighted by Gasteiger charge is 2.29. The Labute approximate surface area is 163 Å². The average Bonchev–Trinajstić information content (AvgIpc) is 2.67. The van der Waals surface area contributed by atoms with E-state index in [0.717, 1.165) is 43.7 Å². The summed E-state index contributed by atoms with van der Waals surface area (Å²) in [6.07, 6.45) is 5.83. The molecular weight excluding hydrogens is 340 g/mol. The summed E-state index contributed by atoms with van der Waals surface area (Å²) in [7, 11) is 0. The molecule has 1 aromatic rings. The Morgan fingerprint density at radius 1 is 1.19 bits per heavy atom. The number of amides is 2. The molecule has 1 N–H and O–H groups in total. The molecule has 0 aliphatic heterocycles. The van der Waals surface area contributed by atoms with Crippen molar-refractivity contribution >= 4 is 11.8 Å². The standard InChI is InChI=1S/C21H34N4O2/c1-6-25(7-2)21(27)18-13-23-20(14(3)4)24-19(18)17-10-8-16(9-11-17)12-22-15(5)26/h13-14,16-17H,6-12H2,1-5H3,(H,22,26). The fourth-order valence-electron chi connectivity index (χ4n) is 3.77. The fourth-order valence-corrected chi connectivity index (χ4v) is 3.77. The third-order valence-corrected chi connectivity index (χ3v) is 5.51. The van der Waals surface area contributed by atoms with Gasteiger partial charge in [-0.2, -0.15) is 0 Å². The first-order valence-corrected chi connectivity index (χ1v) is 10.3. The molecule has 1 fully saturated rings. The van der Waals surface area contributed by atoms with E-state index in [1.807, 2.05) is 18.7 Å². The van der Waals surface area contributed by atoms with Gasteiger partial charge in [-0.25, -0.2) is 9.97 Å². The van der Waals surface area contributed by atoms with Gasteiger partial charge in [0.05, 0.1) is 11.3 Å². The van der Waals surface area contributed by atoms with Crippen molar-refractivity contribution in [1.82, 2.24) is 20.2 Å². The van der Waals surface area contributed by atoms with Gasteiger partial charge in [0.1, 0.15) is 5.82 Å². The first kappa shape index (κ1) is 21.3. The second-order valence-corrected chi connectivity index (χ2v) is 7.81. The summed E-state index contributed by atoms with van der Waals surface area (Å²) in [5.41, 5.74) is 1.58. The molecule has 27 heavy (non-hydrogen) atoms. The van der Waals surface area contributed by atoms with E-state index in [9.17, 15) is 9.59 Å². The summed E-state index contributed by atoms with van der Waals surface area (Å²) < 4.78 is 0. The SMILES string of the molecule is CCN(CC)C(=O)c1cnc(C(C)C)nc1C1CCC(CNC(C)=O)CC1. The van der Waals surface area contributed by atoms with Crippen molar-refractivity contribution in [2.75, 3.05) is 19.6 Å². The Morgan fingerprint density at radius 3 is 2.33 bits per heavy atom. The molecule has 1 heterocycles. The summed E-state index contributed by atoms with van der Waals surface area (Å²) >= 11 is 0. The predicted molar refractivity (Wildman–Crippen MR) is 107 cm³/mol. The van der Waals surface area contributed by atoms with E-state index in [0.29, 0.717) is 24.6 Å². The minimum absolute atomic E-state index is 0.0293. The van der Waals surface area contributed by atoms with E-state index < -0.39 is 0 Å². The van der Waals surface area contributed by atoms with E-state index in [-0.39, 0.29) is 23.7 Å². The molecule has 0 aromatic carbocycles. The first-order chi connectivity index (χ1) is 12.9. The van der Waals surface area contributed by atoms with Crippen LogP contribution in [0, 0.1) is 5.92 Å². The van der Waals surface area contributed by atoms with Crippen LogP contribution in [0.2, 0.25) is 0 Å². The van der Waals surface area contributed by atoms with Crippen LogP contribution < -0.4 is 5.32 Å². The summed E-state index contributed by atoms with van der Waals surface area (Å²) in [5, 5.41) is 2.93. The first-order valence-electron chi connectivity index (χ1n) is 10.3. The van der Waals surface area contributed by atoms with Crippen LogP contribution in [-0.2, 0) is 4.79 Å². The van der Waals surface area contributed by atoms with Gasteiger partial charge >= 0.3 is 0 Å². The van der Waals surface area contributed by atoms with Crippen molar-refractivity contribution in [3.63, 3.8) is 0 Å². The number of nitrogens with one attached hydrogen (secondary N) is 1. The molecule has 0 radical (unpaired) electrons. The lowest BCUT2D eigenvalue weighted by molar-refractivity contribution is -0.119. The summed E-state index contributed by atoms with van der Waals surface area (Å²) in [4.78, 5) is 35.3. The van der Waals surface area contributed by atoms with Crippen molar-refractivity contribution in [2.45, 2.75) is 72.1 Å². The monoisotopic (exact) mass is 374 g/mol. The van der Waals surface area contributed by atoms with Gasteiger partial charge in [-0.05, 0) is 45.4 Å². The highest BCUT2D eigenvalue weighted by atomic mass is 16.2. The molecule has 6 nitrogen and oxygen atoms in total. The second kappa shape index (κ2) is 9.81. The second-order valence-electron chi connectivity index (χ2n) is 7.81. The predicted octanol–water partition coefficient (Wildman–Crippen LogP) is 3.49. The van der Waals surface area contributed by atoms with Gasteiger partial charge in [-0.15, -0.1) is 0 Å². The van der Waals surface area contributed by atoms with Crippen molar-refractivity contribution in [1.29, 1.82) is 0 Å². The number of hydrogen-bond acceptors (Lipinski definition) is 4. The van der Waals surface area contributed by atoms with Gasteiger partial charge < -0.3 is 10.2 Å². The van der Waals surface area contributed by atoms with E-state index in [4.69, 9.17) is 4.98 Å².